The van der Waals surface area contributed by atoms with Crippen molar-refractivity contribution in [3.8, 4) is 11.4 Å². The lowest BCUT2D eigenvalue weighted by Gasteiger charge is -2.32. The van der Waals surface area contributed by atoms with Gasteiger partial charge in [-0.25, -0.2) is 9.97 Å². The van der Waals surface area contributed by atoms with Crippen molar-refractivity contribution in [2.24, 2.45) is 11.7 Å². The van der Waals surface area contributed by atoms with E-state index in [1.165, 1.54) is 0 Å². The molecule has 0 unspecified atom stereocenters. The molecule has 4 heterocycles. The fourth-order valence-corrected chi connectivity index (χ4v) is 3.41. The quantitative estimate of drug-likeness (QED) is 0.717. The van der Waals surface area contributed by atoms with E-state index < -0.39 is 11.7 Å². The van der Waals surface area contributed by atoms with Crippen molar-refractivity contribution in [1.82, 2.24) is 20.2 Å². The van der Waals surface area contributed by atoms with Crippen molar-refractivity contribution in [2.45, 2.75) is 19.0 Å². The number of nitrogens with zero attached hydrogens (tertiary/aromatic N) is 4. The maximum absolute atomic E-state index is 13.5. The van der Waals surface area contributed by atoms with Gasteiger partial charge in [0.1, 0.15) is 5.82 Å². The third-order valence-electron chi connectivity index (χ3n) is 5.00. The average Bonchev–Trinajstić information content (AvgIpc) is 3.11. The number of aromatic nitrogens is 4. The highest BCUT2D eigenvalue weighted by Crippen LogP contribution is 2.35. The minimum Gasteiger partial charge on any atom is -0.357 e. The zero-order chi connectivity index (χ0) is 19.0. The van der Waals surface area contributed by atoms with Crippen LogP contribution in [0.15, 0.2) is 30.5 Å². The number of aromatic amines is 1. The summed E-state index contributed by atoms with van der Waals surface area (Å²) < 4.78 is 40.5. The lowest BCUT2D eigenvalue weighted by Crippen LogP contribution is -2.36. The van der Waals surface area contributed by atoms with Crippen LogP contribution in [0.1, 0.15) is 22.7 Å². The van der Waals surface area contributed by atoms with Gasteiger partial charge in [0.25, 0.3) is 0 Å². The molecular formula is C18H25F3N6. The highest BCUT2D eigenvalue weighted by Gasteiger charge is 2.33. The number of hydrogen-bond donors (Lipinski definition) is 2. The Kier molecular flexibility index (Phi) is 4.47. The second-order valence-corrected chi connectivity index (χ2v) is 6.74. The molecule has 0 atom stereocenters. The number of anilines is 1. The molecule has 0 bridgehead atoms. The molecule has 3 aromatic rings. The Labute approximate surface area is 158 Å². The van der Waals surface area contributed by atoms with E-state index >= 15 is 0 Å². The van der Waals surface area contributed by atoms with E-state index in [-0.39, 0.29) is 9.97 Å². The van der Waals surface area contributed by atoms with Crippen LogP contribution in [-0.2, 0) is 6.18 Å². The summed E-state index contributed by atoms with van der Waals surface area (Å²) in [6.07, 6.45) is -1.18. The van der Waals surface area contributed by atoms with Crippen LogP contribution >= 0.6 is 0 Å². The average molecular weight is 382 g/mol. The summed E-state index contributed by atoms with van der Waals surface area (Å²) in [7, 11) is 0. The Balaban J connectivity index is 0.00000150. The minimum atomic E-state index is -4.46. The normalized spacial score (nSPS) is 16.2. The van der Waals surface area contributed by atoms with Gasteiger partial charge < -0.3 is 10.6 Å². The van der Waals surface area contributed by atoms with E-state index in [2.05, 4.69) is 20.2 Å². The lowest BCUT2D eigenvalue weighted by atomic mass is 9.97. The van der Waals surface area contributed by atoms with Crippen molar-refractivity contribution >= 4 is 16.9 Å². The van der Waals surface area contributed by atoms with Gasteiger partial charge >= 0.3 is 6.18 Å². The molecule has 0 aliphatic carbocycles. The van der Waals surface area contributed by atoms with E-state index in [0.717, 1.165) is 25.0 Å². The Morgan fingerprint density at radius 1 is 1.26 bits per heavy atom. The molecule has 3 aromatic heterocycles. The van der Waals surface area contributed by atoms with Gasteiger partial charge in [-0.1, -0.05) is 0 Å². The molecule has 6 nitrogen and oxygen atoms in total. The van der Waals surface area contributed by atoms with Gasteiger partial charge in [-0.15, -0.1) is 0 Å². The molecular weight excluding hydrogens is 357 g/mol. The molecule has 0 aromatic carbocycles. The highest BCUT2D eigenvalue weighted by atomic mass is 19.4. The van der Waals surface area contributed by atoms with E-state index in [9.17, 15) is 13.2 Å². The molecule has 0 spiro atoms. The first kappa shape index (κ1) is 17.7. The van der Waals surface area contributed by atoms with E-state index in [1.807, 2.05) is 4.90 Å². The first-order valence-corrected chi connectivity index (χ1v) is 8.79. The number of fused-ring (bicyclic) bond motifs is 1. The summed E-state index contributed by atoms with van der Waals surface area (Å²) in [6, 6.07) is 5.64. The van der Waals surface area contributed by atoms with Crippen molar-refractivity contribution in [3.63, 3.8) is 0 Å². The van der Waals surface area contributed by atoms with Crippen LogP contribution < -0.4 is 10.6 Å². The summed E-state index contributed by atoms with van der Waals surface area (Å²) in [6.45, 7) is 1.88. The largest absolute Gasteiger partial charge is 0.416 e. The molecule has 1 aliphatic rings. The molecule has 148 valence electrons. The first-order valence-electron chi connectivity index (χ1n) is 8.79. The Hall–Kier alpha value is -2.68. The fraction of sp³-hybridized carbons (Fsp3) is 0.389. The summed E-state index contributed by atoms with van der Waals surface area (Å²) in [4.78, 5) is 10.5. The number of pyridine rings is 2. The molecule has 1 saturated heterocycles. The van der Waals surface area contributed by atoms with Crippen molar-refractivity contribution in [1.29, 1.82) is 0 Å². The predicted molar refractivity (Wildman–Crippen MR) is 102 cm³/mol. The third-order valence-corrected chi connectivity index (χ3v) is 5.00. The number of halogens is 3. The van der Waals surface area contributed by atoms with Crippen LogP contribution in [0.3, 0.4) is 0 Å². The number of rotatable bonds is 3. The van der Waals surface area contributed by atoms with Crippen LogP contribution in [-0.4, -0.2) is 39.8 Å². The SMILES string of the molecule is NCC1CCN(c2cc(C(F)(F)F)cc(-c3[nH]nc4ncccc34)n2)CC1.[HH].[HH].[HH]. The summed E-state index contributed by atoms with van der Waals surface area (Å²) in [5, 5.41) is 7.48. The van der Waals surface area contributed by atoms with Crippen LogP contribution in [0.5, 0.6) is 0 Å². The van der Waals surface area contributed by atoms with Gasteiger partial charge in [0.2, 0.25) is 0 Å². The van der Waals surface area contributed by atoms with E-state index in [1.54, 1.807) is 18.3 Å². The molecule has 1 aliphatic heterocycles. The number of alkyl halides is 3. The Morgan fingerprint density at radius 3 is 2.74 bits per heavy atom. The van der Waals surface area contributed by atoms with E-state index in [0.29, 0.717) is 48.1 Å². The topological polar surface area (TPSA) is 83.7 Å². The van der Waals surface area contributed by atoms with Crippen molar-refractivity contribution in [2.75, 3.05) is 24.5 Å². The number of hydrogen-bond acceptors (Lipinski definition) is 5. The maximum Gasteiger partial charge on any atom is 0.416 e. The summed E-state index contributed by atoms with van der Waals surface area (Å²) >= 11 is 0. The number of nitrogens with two attached hydrogens (primary N) is 1. The van der Waals surface area contributed by atoms with Gasteiger partial charge in [-0.2, -0.15) is 18.3 Å². The highest BCUT2D eigenvalue weighted by molar-refractivity contribution is 5.89. The molecule has 1 fully saturated rings. The van der Waals surface area contributed by atoms with Crippen LogP contribution in [0.25, 0.3) is 22.4 Å². The molecule has 9 heteroatoms. The van der Waals surface area contributed by atoms with Gasteiger partial charge in [-0.05, 0) is 49.6 Å². The van der Waals surface area contributed by atoms with Gasteiger partial charge in [-0.3, -0.25) is 5.10 Å². The molecule has 0 amide bonds. The number of piperidine rings is 1. The summed E-state index contributed by atoms with van der Waals surface area (Å²) in [5.74, 6) is 0.732. The lowest BCUT2D eigenvalue weighted by molar-refractivity contribution is -0.137. The van der Waals surface area contributed by atoms with Gasteiger partial charge in [0.15, 0.2) is 5.65 Å². The third kappa shape index (κ3) is 3.46. The maximum atomic E-state index is 13.5. The zero-order valence-corrected chi connectivity index (χ0v) is 14.5. The summed E-state index contributed by atoms with van der Waals surface area (Å²) in [5.41, 5.74) is 6.06. The van der Waals surface area contributed by atoms with E-state index in [4.69, 9.17) is 5.73 Å². The van der Waals surface area contributed by atoms with Gasteiger partial charge in [0, 0.05) is 29.0 Å². The first-order chi connectivity index (χ1) is 13.0. The molecule has 27 heavy (non-hydrogen) atoms. The van der Waals surface area contributed by atoms with Crippen molar-refractivity contribution in [3.05, 3.63) is 36.0 Å². The van der Waals surface area contributed by atoms with Gasteiger partial charge in [0.05, 0.1) is 17.0 Å². The van der Waals surface area contributed by atoms with Crippen molar-refractivity contribution < 1.29 is 17.5 Å². The number of nitrogens with one attached hydrogen (secondary N) is 1. The Morgan fingerprint density at radius 2 is 2.04 bits per heavy atom. The fourth-order valence-electron chi connectivity index (χ4n) is 3.41. The molecule has 3 N–H and O–H groups in total. The van der Waals surface area contributed by atoms with Crippen LogP contribution in [0, 0.1) is 5.92 Å². The Bertz CT molecular complexity index is 958. The molecule has 0 saturated carbocycles. The second kappa shape index (κ2) is 6.80. The second-order valence-electron chi connectivity index (χ2n) is 6.74. The van der Waals surface area contributed by atoms with Crippen LogP contribution in [0.4, 0.5) is 19.0 Å². The zero-order valence-electron chi connectivity index (χ0n) is 14.5. The monoisotopic (exact) mass is 382 g/mol. The van der Waals surface area contributed by atoms with Crippen LogP contribution in [0.2, 0.25) is 0 Å². The smallest absolute Gasteiger partial charge is 0.357 e. The minimum absolute atomic E-state index is 0. The molecule has 4 rings (SSSR count). The molecule has 0 radical (unpaired) electrons. The standard InChI is InChI=1S/C18H19F3N6.3H2/c19-18(20,21)12-8-14(16-13-2-1-5-23-17(13)26-25-16)24-15(9-12)27-6-3-11(10-22)4-7-27;;;/h1-2,5,8-9,11H,3-4,6-7,10,22H2,(H,23,25,26);3*1H. The number of H-pyrrole nitrogens is 1. The predicted octanol–water partition coefficient (Wildman–Crippen LogP) is 3.95.